The number of hydrogen-bond acceptors (Lipinski definition) is 6. The van der Waals surface area contributed by atoms with Crippen LogP contribution in [0, 0.1) is 11.8 Å². The Kier molecular flexibility index (Phi) is 5.47. The van der Waals surface area contributed by atoms with Crippen molar-refractivity contribution in [2.75, 3.05) is 18.4 Å². The topological polar surface area (TPSA) is 88.3 Å². The summed E-state index contributed by atoms with van der Waals surface area (Å²) in [5, 5.41) is 12.5. The maximum absolute atomic E-state index is 12.4. The van der Waals surface area contributed by atoms with Crippen LogP contribution in [0.1, 0.15) is 42.3 Å². The van der Waals surface area contributed by atoms with E-state index in [-0.39, 0.29) is 17.7 Å². The lowest BCUT2D eigenvalue weighted by molar-refractivity contribution is -0.121. The first-order valence-corrected chi connectivity index (χ1v) is 9.30. The molecule has 0 unspecified atom stereocenters. The minimum Gasteiger partial charge on any atom is -0.459 e. The van der Waals surface area contributed by atoms with Crippen molar-refractivity contribution in [3.05, 3.63) is 29.2 Å². The predicted molar refractivity (Wildman–Crippen MR) is 94.4 cm³/mol. The SMILES string of the molecule is CC(C)Cc1nnc(NC(=O)C2CCN(C(=O)c3ccco3)CC2)s1. The first kappa shape index (κ1) is 17.6. The maximum Gasteiger partial charge on any atom is 0.289 e. The van der Waals surface area contributed by atoms with Crippen molar-refractivity contribution in [3.63, 3.8) is 0 Å². The zero-order valence-corrected chi connectivity index (χ0v) is 15.2. The van der Waals surface area contributed by atoms with Crippen molar-refractivity contribution in [1.82, 2.24) is 15.1 Å². The van der Waals surface area contributed by atoms with Crippen LogP contribution in [-0.2, 0) is 11.2 Å². The van der Waals surface area contributed by atoms with Gasteiger partial charge in [-0.1, -0.05) is 25.2 Å². The third-order valence-corrected chi connectivity index (χ3v) is 5.03. The lowest BCUT2D eigenvalue weighted by atomic mass is 9.96. The molecule has 1 saturated heterocycles. The van der Waals surface area contributed by atoms with Crippen molar-refractivity contribution >= 4 is 28.3 Å². The van der Waals surface area contributed by atoms with Crippen LogP contribution in [-0.4, -0.2) is 40.0 Å². The van der Waals surface area contributed by atoms with Crippen molar-refractivity contribution < 1.29 is 14.0 Å². The minimum atomic E-state index is -0.119. The quantitative estimate of drug-likeness (QED) is 0.883. The van der Waals surface area contributed by atoms with Crippen molar-refractivity contribution in [2.45, 2.75) is 33.1 Å². The second kappa shape index (κ2) is 7.77. The van der Waals surface area contributed by atoms with Crippen LogP contribution in [0.5, 0.6) is 0 Å². The Morgan fingerprint density at radius 2 is 2.12 bits per heavy atom. The normalized spacial score (nSPS) is 15.6. The maximum atomic E-state index is 12.4. The molecule has 134 valence electrons. The third kappa shape index (κ3) is 4.45. The number of nitrogens with one attached hydrogen (secondary N) is 1. The molecule has 1 aliphatic heterocycles. The molecule has 8 heteroatoms. The van der Waals surface area contributed by atoms with Crippen molar-refractivity contribution in [3.8, 4) is 0 Å². The molecule has 0 bridgehead atoms. The number of furan rings is 1. The van der Waals surface area contributed by atoms with Gasteiger partial charge >= 0.3 is 0 Å². The zero-order valence-electron chi connectivity index (χ0n) is 14.4. The molecule has 1 fully saturated rings. The van der Waals surface area contributed by atoms with E-state index in [2.05, 4.69) is 29.4 Å². The number of carbonyl (C=O) groups is 2. The summed E-state index contributed by atoms with van der Waals surface area (Å²) in [7, 11) is 0. The molecule has 1 aliphatic rings. The van der Waals surface area contributed by atoms with E-state index in [1.807, 2.05) is 0 Å². The first-order chi connectivity index (χ1) is 12.0. The van der Waals surface area contributed by atoms with Gasteiger partial charge in [0.2, 0.25) is 11.0 Å². The molecule has 3 heterocycles. The lowest BCUT2D eigenvalue weighted by Gasteiger charge is -2.30. The summed E-state index contributed by atoms with van der Waals surface area (Å²) < 4.78 is 5.15. The standard InChI is InChI=1S/C17H22N4O3S/c1-11(2)10-14-19-20-17(25-14)18-15(22)12-5-7-21(8-6-12)16(23)13-4-3-9-24-13/h3-4,9,11-12H,5-8,10H2,1-2H3,(H,18,20,22). The number of piperidine rings is 1. The monoisotopic (exact) mass is 362 g/mol. The van der Waals surface area contributed by atoms with E-state index >= 15 is 0 Å². The van der Waals surface area contributed by atoms with Crippen LogP contribution >= 0.6 is 11.3 Å². The van der Waals surface area contributed by atoms with Gasteiger partial charge in [0.15, 0.2) is 5.76 Å². The fourth-order valence-electron chi connectivity index (χ4n) is 2.84. The Labute approximate surface area is 150 Å². The van der Waals surface area contributed by atoms with Crippen molar-refractivity contribution in [2.24, 2.45) is 11.8 Å². The summed E-state index contributed by atoms with van der Waals surface area (Å²) in [6, 6.07) is 3.36. The Balaban J connectivity index is 1.50. The number of carbonyl (C=O) groups excluding carboxylic acids is 2. The molecule has 0 atom stereocenters. The summed E-state index contributed by atoms with van der Waals surface area (Å²) in [6.45, 7) is 5.34. The summed E-state index contributed by atoms with van der Waals surface area (Å²) >= 11 is 1.43. The largest absolute Gasteiger partial charge is 0.459 e. The van der Waals surface area contributed by atoms with E-state index in [4.69, 9.17) is 4.42 Å². The molecule has 0 spiro atoms. The van der Waals surface area contributed by atoms with Crippen LogP contribution in [0.3, 0.4) is 0 Å². The van der Waals surface area contributed by atoms with Crippen LogP contribution in [0.4, 0.5) is 5.13 Å². The molecule has 1 N–H and O–H groups in total. The molecule has 2 aromatic rings. The predicted octanol–water partition coefficient (Wildman–Crippen LogP) is 2.82. The van der Waals surface area contributed by atoms with Gasteiger partial charge < -0.3 is 14.6 Å². The highest BCUT2D eigenvalue weighted by Crippen LogP contribution is 2.23. The summed E-state index contributed by atoms with van der Waals surface area (Å²) in [6.07, 6.45) is 3.62. The van der Waals surface area contributed by atoms with E-state index < -0.39 is 0 Å². The van der Waals surface area contributed by atoms with Gasteiger partial charge in [0.25, 0.3) is 5.91 Å². The number of likely N-dealkylation sites (tertiary alicyclic amines) is 1. The smallest absolute Gasteiger partial charge is 0.289 e. The summed E-state index contributed by atoms with van der Waals surface area (Å²) in [5.74, 6) is 0.573. The van der Waals surface area contributed by atoms with Gasteiger partial charge in [-0.2, -0.15) is 0 Å². The van der Waals surface area contributed by atoms with E-state index in [1.165, 1.54) is 17.6 Å². The molecule has 25 heavy (non-hydrogen) atoms. The van der Waals surface area contributed by atoms with Crippen LogP contribution in [0.2, 0.25) is 0 Å². The van der Waals surface area contributed by atoms with Gasteiger partial charge in [0.05, 0.1) is 6.26 Å². The Hall–Kier alpha value is -2.22. The molecule has 0 saturated carbocycles. The Morgan fingerprint density at radius 1 is 1.36 bits per heavy atom. The van der Waals surface area contributed by atoms with E-state index in [0.717, 1.165) is 11.4 Å². The Morgan fingerprint density at radius 3 is 2.76 bits per heavy atom. The minimum absolute atomic E-state index is 0.0441. The van der Waals surface area contributed by atoms with Gasteiger partial charge in [0.1, 0.15) is 5.01 Å². The lowest BCUT2D eigenvalue weighted by Crippen LogP contribution is -2.41. The molecule has 3 rings (SSSR count). The molecule has 2 amide bonds. The molecule has 0 aromatic carbocycles. The van der Waals surface area contributed by atoms with E-state index in [0.29, 0.717) is 42.7 Å². The van der Waals surface area contributed by atoms with Gasteiger partial charge in [-0.3, -0.25) is 9.59 Å². The second-order valence-corrected chi connectivity index (χ2v) is 7.69. The van der Waals surface area contributed by atoms with Gasteiger partial charge in [-0.15, -0.1) is 10.2 Å². The summed E-state index contributed by atoms with van der Waals surface area (Å²) in [4.78, 5) is 26.4. The average molecular weight is 362 g/mol. The number of hydrogen-bond donors (Lipinski definition) is 1. The van der Waals surface area contributed by atoms with Crippen LogP contribution < -0.4 is 5.32 Å². The molecular weight excluding hydrogens is 340 g/mol. The number of aromatic nitrogens is 2. The highest BCUT2D eigenvalue weighted by Gasteiger charge is 2.29. The Bertz CT molecular complexity index is 718. The van der Waals surface area contributed by atoms with Crippen LogP contribution in [0.15, 0.2) is 22.8 Å². The highest BCUT2D eigenvalue weighted by atomic mass is 32.1. The molecule has 0 aliphatic carbocycles. The zero-order chi connectivity index (χ0) is 17.8. The van der Waals surface area contributed by atoms with E-state index in [9.17, 15) is 9.59 Å². The highest BCUT2D eigenvalue weighted by molar-refractivity contribution is 7.15. The number of rotatable bonds is 5. The van der Waals surface area contributed by atoms with Gasteiger partial charge in [0, 0.05) is 25.4 Å². The molecular formula is C17H22N4O3S. The van der Waals surface area contributed by atoms with Crippen LogP contribution in [0.25, 0.3) is 0 Å². The first-order valence-electron chi connectivity index (χ1n) is 8.49. The van der Waals surface area contributed by atoms with E-state index in [1.54, 1.807) is 17.0 Å². The number of nitrogens with zero attached hydrogens (tertiary/aromatic N) is 3. The number of amides is 2. The fourth-order valence-corrected chi connectivity index (χ4v) is 3.80. The molecule has 0 radical (unpaired) electrons. The summed E-state index contributed by atoms with van der Waals surface area (Å²) in [5.41, 5.74) is 0. The van der Waals surface area contributed by atoms with Gasteiger partial charge in [-0.05, 0) is 30.9 Å². The molecule has 2 aromatic heterocycles. The second-order valence-electron chi connectivity index (χ2n) is 6.63. The van der Waals surface area contributed by atoms with Gasteiger partial charge in [-0.25, -0.2) is 0 Å². The molecule has 7 nitrogen and oxygen atoms in total. The fraction of sp³-hybridized carbons (Fsp3) is 0.529. The van der Waals surface area contributed by atoms with Crippen molar-refractivity contribution in [1.29, 1.82) is 0 Å². The third-order valence-electron chi connectivity index (χ3n) is 4.16. The number of anilines is 1. The average Bonchev–Trinajstić information content (AvgIpc) is 3.26.